The first-order valence-corrected chi connectivity index (χ1v) is 21.2. The lowest BCUT2D eigenvalue weighted by Crippen LogP contribution is -2.58. The minimum atomic E-state index is -0.268. The van der Waals surface area contributed by atoms with E-state index in [9.17, 15) is 0 Å². The summed E-state index contributed by atoms with van der Waals surface area (Å²) in [6.07, 6.45) is 4.71. The molecule has 0 unspecified atom stereocenters. The third-order valence-corrected chi connectivity index (χ3v) is 15.4. The van der Waals surface area contributed by atoms with Crippen LogP contribution in [-0.4, -0.2) is 21.2 Å². The van der Waals surface area contributed by atoms with E-state index in [-0.39, 0.29) is 39.2 Å². The van der Waals surface area contributed by atoms with Crippen LogP contribution in [0.5, 0.6) is 11.6 Å². The smallest absolute Gasteiger partial charge is 0.273 e. The van der Waals surface area contributed by atoms with Crippen molar-refractivity contribution in [3.05, 3.63) is 70.0 Å². The Morgan fingerprint density at radius 1 is 0.704 bits per heavy atom. The Balaban J connectivity index is 1.45. The molecule has 2 aliphatic heterocycles. The summed E-state index contributed by atoms with van der Waals surface area (Å²) in [6, 6.07) is 14.6. The van der Waals surface area contributed by atoms with Crippen molar-refractivity contribution in [3.8, 4) is 17.4 Å². The molecule has 0 atom stereocenters. The zero-order chi connectivity index (χ0) is 38.4. The van der Waals surface area contributed by atoms with Gasteiger partial charge in [-0.1, -0.05) is 115 Å². The largest absolute Gasteiger partial charge is 0.438 e. The van der Waals surface area contributed by atoms with Gasteiger partial charge in [0, 0.05) is 36.5 Å². The Hall–Kier alpha value is -3.64. The topological polar surface area (TPSA) is 39.9 Å². The van der Waals surface area contributed by atoms with Crippen LogP contribution in [0, 0.1) is 0 Å². The van der Waals surface area contributed by atoms with E-state index in [0.29, 0.717) is 0 Å². The van der Waals surface area contributed by atoms with Crippen molar-refractivity contribution in [1.82, 2.24) is 14.5 Å². The first-order chi connectivity index (χ1) is 25.0. The highest BCUT2D eigenvalue weighted by Crippen LogP contribution is 2.56. The lowest BCUT2D eigenvalue weighted by Gasteiger charge is -2.44. The molecule has 4 nitrogen and oxygen atoms in total. The molecule has 0 saturated heterocycles. The lowest BCUT2D eigenvalue weighted by atomic mass is 9.37. The van der Waals surface area contributed by atoms with Gasteiger partial charge in [-0.05, 0) is 104 Å². The molecule has 3 aromatic heterocycles. The van der Waals surface area contributed by atoms with E-state index in [1.807, 2.05) is 11.3 Å². The van der Waals surface area contributed by atoms with Gasteiger partial charge in [-0.3, -0.25) is 4.57 Å². The molecular weight excluding hydrogens is 677 g/mol. The molecule has 6 aromatic rings. The van der Waals surface area contributed by atoms with Gasteiger partial charge in [0.15, 0.2) is 0 Å². The SMILES string of the molecule is CC(C)(C)c1ccc2sc3c(c2c1)Oc1nc(C(C)(C)C)nc2c1B3c1cc3c(c4c5c6c(ccc5n-2c14)C(C)(C)CCC6(C)C)C(C)(C)CCC3(C)C. The minimum absolute atomic E-state index is 0.0195. The average molecular weight is 734 g/mol. The Bertz CT molecular complexity index is 2670. The summed E-state index contributed by atoms with van der Waals surface area (Å²) in [6.45, 7) is 33.5. The summed E-state index contributed by atoms with van der Waals surface area (Å²) in [5, 5.41) is 4.13. The van der Waals surface area contributed by atoms with E-state index in [1.165, 1.54) is 84.5 Å². The molecule has 54 heavy (non-hydrogen) atoms. The molecule has 0 radical (unpaired) electrons. The number of fused-ring (bicyclic) bond motifs is 13. The average Bonchev–Trinajstić information content (AvgIpc) is 3.62. The summed E-state index contributed by atoms with van der Waals surface area (Å²) in [5.41, 5.74) is 12.6. The molecule has 3 aromatic carbocycles. The maximum atomic E-state index is 7.16. The van der Waals surface area contributed by atoms with Gasteiger partial charge in [0.25, 0.3) is 6.71 Å². The number of ether oxygens (including phenoxy) is 1. The van der Waals surface area contributed by atoms with Gasteiger partial charge in [-0.25, -0.2) is 4.98 Å². The summed E-state index contributed by atoms with van der Waals surface area (Å²) in [5.74, 6) is 3.53. The van der Waals surface area contributed by atoms with Crippen LogP contribution in [0.1, 0.15) is 156 Å². The van der Waals surface area contributed by atoms with E-state index >= 15 is 0 Å². The molecule has 0 bridgehead atoms. The molecule has 10 rings (SSSR count). The fraction of sp³-hybridized carbons (Fsp3) is 0.500. The second-order valence-corrected chi connectivity index (χ2v) is 23.1. The highest BCUT2D eigenvalue weighted by molar-refractivity contribution is 7.33. The molecule has 5 heterocycles. The van der Waals surface area contributed by atoms with Gasteiger partial charge in [-0.15, -0.1) is 11.3 Å². The predicted octanol–water partition coefficient (Wildman–Crippen LogP) is 11.0. The molecular formula is C48H56BN3OS. The quantitative estimate of drug-likeness (QED) is 0.146. The van der Waals surface area contributed by atoms with Crippen LogP contribution < -0.4 is 20.4 Å². The second kappa shape index (κ2) is 10.2. The molecule has 0 amide bonds. The zero-order valence-electron chi connectivity index (χ0n) is 35.0. The summed E-state index contributed by atoms with van der Waals surface area (Å²) >= 11 is 1.90. The molecule has 0 spiro atoms. The van der Waals surface area contributed by atoms with Gasteiger partial charge in [0.05, 0.1) is 11.0 Å². The Labute approximate surface area is 326 Å². The van der Waals surface area contributed by atoms with Crippen molar-refractivity contribution in [2.24, 2.45) is 0 Å². The first kappa shape index (κ1) is 34.8. The fourth-order valence-electron chi connectivity index (χ4n) is 10.7. The lowest BCUT2D eigenvalue weighted by molar-refractivity contribution is 0.333. The van der Waals surface area contributed by atoms with Crippen molar-refractivity contribution in [1.29, 1.82) is 0 Å². The maximum absolute atomic E-state index is 7.16. The number of rotatable bonds is 0. The molecule has 0 fully saturated rings. The minimum Gasteiger partial charge on any atom is -0.438 e. The van der Waals surface area contributed by atoms with Crippen LogP contribution in [0.15, 0.2) is 36.4 Å². The normalized spacial score (nSPS) is 20.1. The number of thiophene rings is 1. The Morgan fingerprint density at radius 2 is 1.33 bits per heavy atom. The summed E-state index contributed by atoms with van der Waals surface area (Å²) in [4.78, 5) is 11.0. The van der Waals surface area contributed by atoms with Crippen LogP contribution in [0.3, 0.4) is 0 Å². The summed E-state index contributed by atoms with van der Waals surface area (Å²) < 4.78 is 12.3. The van der Waals surface area contributed by atoms with Crippen LogP contribution in [-0.2, 0) is 32.5 Å². The van der Waals surface area contributed by atoms with Crippen molar-refractivity contribution in [2.75, 3.05) is 0 Å². The number of nitrogens with zero attached hydrogens (tertiary/aromatic N) is 3. The molecule has 2 aliphatic carbocycles. The Kier molecular flexibility index (Phi) is 6.58. The highest BCUT2D eigenvalue weighted by Gasteiger charge is 2.50. The monoisotopic (exact) mass is 733 g/mol. The third kappa shape index (κ3) is 4.44. The van der Waals surface area contributed by atoms with E-state index in [1.54, 1.807) is 11.1 Å². The van der Waals surface area contributed by atoms with Crippen molar-refractivity contribution < 1.29 is 4.74 Å². The van der Waals surface area contributed by atoms with Gasteiger partial charge >= 0.3 is 0 Å². The van der Waals surface area contributed by atoms with E-state index in [0.717, 1.165) is 28.7 Å². The van der Waals surface area contributed by atoms with E-state index in [4.69, 9.17) is 14.7 Å². The van der Waals surface area contributed by atoms with Crippen molar-refractivity contribution >= 4 is 65.6 Å². The van der Waals surface area contributed by atoms with Crippen molar-refractivity contribution in [2.45, 2.75) is 155 Å². The zero-order valence-corrected chi connectivity index (χ0v) is 35.8. The number of benzene rings is 3. The fourth-order valence-corrected chi connectivity index (χ4v) is 11.9. The predicted molar refractivity (Wildman–Crippen MR) is 231 cm³/mol. The van der Waals surface area contributed by atoms with Crippen LogP contribution in [0.4, 0.5) is 0 Å². The number of aromatic nitrogens is 3. The first-order valence-electron chi connectivity index (χ1n) is 20.4. The summed E-state index contributed by atoms with van der Waals surface area (Å²) in [7, 11) is 0. The Morgan fingerprint density at radius 3 is 1.98 bits per heavy atom. The standard InChI is InChI=1S/C48H56BN3OS/c1-43(2,3)25-15-18-31-26(23-25)38-39(54-31)49-29-24-28-35(48(13,14)22-20-46(28,9)10)33-32-30(17-16-27-34(32)47(11,12)21-19-45(27,7)8)52(37(29)33)40-36(49)41(53-38)51-42(50-40)44(4,5)6/h15-18,23-24H,19-22H2,1-14H3. The van der Waals surface area contributed by atoms with Gasteiger partial charge < -0.3 is 4.74 Å². The van der Waals surface area contributed by atoms with Crippen LogP contribution in [0.25, 0.3) is 37.7 Å². The molecule has 278 valence electrons. The maximum Gasteiger partial charge on any atom is 0.273 e. The van der Waals surface area contributed by atoms with E-state index < -0.39 is 0 Å². The molecule has 4 aliphatic rings. The third-order valence-electron chi connectivity index (χ3n) is 14.2. The van der Waals surface area contributed by atoms with Gasteiger partial charge in [0.2, 0.25) is 5.88 Å². The number of hydrogen-bond acceptors (Lipinski definition) is 4. The van der Waals surface area contributed by atoms with Gasteiger partial charge in [0.1, 0.15) is 17.4 Å². The van der Waals surface area contributed by atoms with Crippen molar-refractivity contribution in [3.63, 3.8) is 0 Å². The van der Waals surface area contributed by atoms with E-state index in [2.05, 4.69) is 138 Å². The molecule has 0 N–H and O–H groups in total. The molecule has 6 heteroatoms. The van der Waals surface area contributed by atoms with Crippen LogP contribution in [0.2, 0.25) is 0 Å². The number of hydrogen-bond donors (Lipinski definition) is 0. The van der Waals surface area contributed by atoms with Crippen LogP contribution >= 0.6 is 11.3 Å². The molecule has 0 saturated carbocycles. The second-order valence-electron chi connectivity index (χ2n) is 22.0. The van der Waals surface area contributed by atoms with Gasteiger partial charge in [-0.2, -0.15) is 4.98 Å². The highest BCUT2D eigenvalue weighted by atomic mass is 32.1.